The second-order valence-electron chi connectivity index (χ2n) is 4.66. The van der Waals surface area contributed by atoms with Crippen LogP contribution in [0.1, 0.15) is 10.4 Å². The molecule has 3 rings (SSSR count). The molecule has 0 saturated carbocycles. The number of rotatable bonds is 4. The van der Waals surface area contributed by atoms with Gasteiger partial charge in [0.05, 0.1) is 11.7 Å². The smallest absolute Gasteiger partial charge is 0.187 e. The molecule has 1 heterocycles. The number of nitrogens with one attached hydrogen (secondary N) is 1. The summed E-state index contributed by atoms with van der Waals surface area (Å²) >= 11 is 1.22. The summed E-state index contributed by atoms with van der Waals surface area (Å²) in [6.07, 6.45) is 0. The highest BCUT2D eigenvalue weighted by Gasteiger charge is 2.10. The fourth-order valence-electron chi connectivity index (χ4n) is 2.00. The fraction of sp³-hybridized carbons (Fsp3) is 0. The minimum atomic E-state index is -1.28. The van der Waals surface area contributed by atoms with Gasteiger partial charge in [-0.1, -0.05) is 12.1 Å². The molecular weight excluding hydrogens is 322 g/mol. The van der Waals surface area contributed by atoms with Gasteiger partial charge in [-0.05, 0) is 29.8 Å². The van der Waals surface area contributed by atoms with Gasteiger partial charge in [0.2, 0.25) is 0 Å². The minimum absolute atomic E-state index is 0.0383. The molecule has 0 amide bonds. The first-order chi connectivity index (χ1) is 11.0. The van der Waals surface area contributed by atoms with E-state index in [1.165, 1.54) is 29.5 Å². The summed E-state index contributed by atoms with van der Waals surface area (Å²) in [6.45, 7) is 0. The molecular formula is C16H9F2N2O2S-. The predicted octanol–water partition coefficient (Wildman–Crippen LogP) is 3.20. The average molecular weight is 331 g/mol. The Morgan fingerprint density at radius 1 is 1.17 bits per heavy atom. The number of carboxylic acid groups (broad SMARTS) is 1. The Balaban J connectivity index is 1.85. The lowest BCUT2D eigenvalue weighted by Crippen LogP contribution is -2.22. The third kappa shape index (κ3) is 3.35. The number of carboxylic acids is 1. The molecule has 1 N–H and O–H groups in total. The topological polar surface area (TPSA) is 65.0 Å². The number of anilines is 2. The molecule has 0 bridgehead atoms. The van der Waals surface area contributed by atoms with E-state index < -0.39 is 17.6 Å². The number of carbonyl (C=O) groups is 1. The van der Waals surface area contributed by atoms with E-state index in [1.807, 2.05) is 0 Å². The Hall–Kier alpha value is -2.80. The van der Waals surface area contributed by atoms with Gasteiger partial charge < -0.3 is 15.2 Å². The van der Waals surface area contributed by atoms with Gasteiger partial charge in [-0.15, -0.1) is 11.3 Å². The number of benzene rings is 2. The average Bonchev–Trinajstić information content (AvgIpc) is 2.95. The predicted molar refractivity (Wildman–Crippen MR) is 81.5 cm³/mol. The van der Waals surface area contributed by atoms with E-state index in [0.29, 0.717) is 16.5 Å². The molecule has 7 heteroatoms. The largest absolute Gasteiger partial charge is 0.545 e. The molecule has 2 aromatic carbocycles. The number of halogens is 2. The molecule has 0 aliphatic rings. The molecule has 23 heavy (non-hydrogen) atoms. The Morgan fingerprint density at radius 2 is 2.00 bits per heavy atom. The molecule has 3 aromatic rings. The van der Waals surface area contributed by atoms with Gasteiger partial charge in [-0.3, -0.25) is 0 Å². The first kappa shape index (κ1) is 15.1. The van der Waals surface area contributed by atoms with Crippen molar-refractivity contribution in [1.29, 1.82) is 0 Å². The Labute approximate surface area is 134 Å². The monoisotopic (exact) mass is 331 g/mol. The molecule has 0 saturated heterocycles. The van der Waals surface area contributed by atoms with Crippen molar-refractivity contribution in [2.24, 2.45) is 0 Å². The zero-order valence-electron chi connectivity index (χ0n) is 11.5. The number of carbonyl (C=O) groups excluding carboxylic acids is 1. The van der Waals surface area contributed by atoms with Crippen molar-refractivity contribution in [3.8, 4) is 11.3 Å². The van der Waals surface area contributed by atoms with E-state index in [2.05, 4.69) is 10.3 Å². The van der Waals surface area contributed by atoms with Crippen molar-refractivity contribution in [2.75, 3.05) is 5.32 Å². The number of aromatic nitrogens is 1. The van der Waals surface area contributed by atoms with Crippen LogP contribution in [0.15, 0.2) is 47.8 Å². The zero-order valence-corrected chi connectivity index (χ0v) is 12.4. The maximum Gasteiger partial charge on any atom is 0.187 e. The summed E-state index contributed by atoms with van der Waals surface area (Å²) in [5.41, 5.74) is 1.12. The number of hydrogen-bond donors (Lipinski definition) is 1. The molecule has 0 aliphatic carbocycles. The molecule has 1 aromatic heterocycles. The Bertz CT molecular complexity index is 880. The number of thiazole rings is 1. The van der Waals surface area contributed by atoms with Crippen LogP contribution in [-0.2, 0) is 0 Å². The molecule has 116 valence electrons. The van der Waals surface area contributed by atoms with Crippen LogP contribution in [0.4, 0.5) is 19.6 Å². The van der Waals surface area contributed by atoms with E-state index in [4.69, 9.17) is 0 Å². The maximum atomic E-state index is 13.7. The second kappa shape index (κ2) is 6.13. The normalized spacial score (nSPS) is 10.5. The molecule has 0 atom stereocenters. The van der Waals surface area contributed by atoms with Crippen LogP contribution in [0, 0.1) is 11.6 Å². The highest BCUT2D eigenvalue weighted by atomic mass is 32.1. The fourth-order valence-corrected chi connectivity index (χ4v) is 2.73. The molecule has 0 aliphatic heterocycles. The van der Waals surface area contributed by atoms with Gasteiger partial charge in [0, 0.05) is 22.7 Å². The van der Waals surface area contributed by atoms with Gasteiger partial charge in [0.25, 0.3) is 0 Å². The van der Waals surface area contributed by atoms with Crippen molar-refractivity contribution >= 4 is 28.1 Å². The highest BCUT2D eigenvalue weighted by Crippen LogP contribution is 2.29. The minimum Gasteiger partial charge on any atom is -0.545 e. The van der Waals surface area contributed by atoms with Crippen LogP contribution in [0.25, 0.3) is 11.3 Å². The Kier molecular flexibility index (Phi) is 4.03. The molecule has 0 unspecified atom stereocenters. The summed E-state index contributed by atoms with van der Waals surface area (Å²) in [6, 6.07) is 9.35. The molecule has 0 fully saturated rings. The van der Waals surface area contributed by atoms with Crippen LogP contribution >= 0.6 is 11.3 Å². The van der Waals surface area contributed by atoms with Gasteiger partial charge >= 0.3 is 0 Å². The van der Waals surface area contributed by atoms with E-state index in [0.717, 1.165) is 12.1 Å². The lowest BCUT2D eigenvalue weighted by Gasteiger charge is -2.06. The summed E-state index contributed by atoms with van der Waals surface area (Å²) in [7, 11) is 0. The third-order valence-corrected chi connectivity index (χ3v) is 3.82. The lowest BCUT2D eigenvalue weighted by atomic mass is 10.1. The van der Waals surface area contributed by atoms with Gasteiger partial charge in [-0.2, -0.15) is 0 Å². The third-order valence-electron chi connectivity index (χ3n) is 3.06. The molecule has 0 spiro atoms. The van der Waals surface area contributed by atoms with E-state index >= 15 is 0 Å². The van der Waals surface area contributed by atoms with Gasteiger partial charge in [-0.25, -0.2) is 13.8 Å². The molecule has 4 nitrogen and oxygen atoms in total. The van der Waals surface area contributed by atoms with Crippen LogP contribution in [0.5, 0.6) is 0 Å². The van der Waals surface area contributed by atoms with Gasteiger partial charge in [0.1, 0.15) is 11.6 Å². The first-order valence-electron chi connectivity index (χ1n) is 6.52. The van der Waals surface area contributed by atoms with Crippen molar-refractivity contribution in [2.45, 2.75) is 0 Å². The van der Waals surface area contributed by atoms with Crippen molar-refractivity contribution in [1.82, 2.24) is 4.98 Å². The number of nitrogens with zero attached hydrogens (tertiary/aromatic N) is 1. The highest BCUT2D eigenvalue weighted by molar-refractivity contribution is 7.14. The number of hydrogen-bond acceptors (Lipinski definition) is 5. The quantitative estimate of drug-likeness (QED) is 0.797. The van der Waals surface area contributed by atoms with Crippen LogP contribution in [0.3, 0.4) is 0 Å². The van der Waals surface area contributed by atoms with Crippen molar-refractivity contribution in [3.05, 3.63) is 65.0 Å². The van der Waals surface area contributed by atoms with Crippen LogP contribution in [-0.4, -0.2) is 11.0 Å². The van der Waals surface area contributed by atoms with Crippen LogP contribution in [0.2, 0.25) is 0 Å². The SMILES string of the molecule is O=C([O-])c1cccc(Nc2nc(-c3ccc(F)cc3F)cs2)c1. The zero-order chi connectivity index (χ0) is 16.4. The maximum absolute atomic E-state index is 13.7. The van der Waals surface area contributed by atoms with Crippen molar-refractivity contribution in [3.63, 3.8) is 0 Å². The summed E-state index contributed by atoms with van der Waals surface area (Å²) < 4.78 is 26.7. The number of aromatic carboxylic acids is 1. The van der Waals surface area contributed by atoms with Crippen molar-refractivity contribution < 1.29 is 18.7 Å². The second-order valence-corrected chi connectivity index (χ2v) is 5.51. The lowest BCUT2D eigenvalue weighted by molar-refractivity contribution is -0.255. The van der Waals surface area contributed by atoms with Gasteiger partial charge in [0.15, 0.2) is 5.13 Å². The van der Waals surface area contributed by atoms with E-state index in [-0.39, 0.29) is 11.1 Å². The van der Waals surface area contributed by atoms with Crippen LogP contribution < -0.4 is 10.4 Å². The molecule has 0 radical (unpaired) electrons. The van der Waals surface area contributed by atoms with E-state index in [1.54, 1.807) is 17.5 Å². The first-order valence-corrected chi connectivity index (χ1v) is 7.40. The summed E-state index contributed by atoms with van der Waals surface area (Å²) in [5.74, 6) is -2.62. The standard InChI is InChI=1S/C16H10F2N2O2S/c17-10-4-5-12(13(18)7-10)14-8-23-16(20-14)19-11-3-1-2-9(6-11)15(21)22/h1-8H,(H,19,20)(H,21,22)/p-1. The summed E-state index contributed by atoms with van der Waals surface area (Å²) in [5, 5.41) is 15.9. The summed E-state index contributed by atoms with van der Waals surface area (Å²) in [4.78, 5) is 15.1. The Morgan fingerprint density at radius 3 is 2.74 bits per heavy atom. The van der Waals surface area contributed by atoms with E-state index in [9.17, 15) is 18.7 Å².